The molecule has 2 rings (SSSR count). The Kier molecular flexibility index (Phi) is 3.96. The van der Waals surface area contributed by atoms with Gasteiger partial charge in [0.05, 0.1) is 6.16 Å². The molecule has 0 saturated carbocycles. The number of benzene rings is 1. The van der Waals surface area contributed by atoms with Crippen molar-refractivity contribution in [3.63, 3.8) is 0 Å². The quantitative estimate of drug-likeness (QED) is 0.606. The molecule has 0 amide bonds. The lowest BCUT2D eigenvalue weighted by Gasteiger charge is -2.07. The second kappa shape index (κ2) is 5.38. The maximum absolute atomic E-state index is 11.2. The van der Waals surface area contributed by atoms with E-state index in [0.29, 0.717) is 16.5 Å². The minimum Gasteiger partial charge on any atom is -0.480 e. The Bertz CT molecular complexity index is 688. The highest BCUT2D eigenvalue weighted by atomic mass is 31.2. The summed E-state index contributed by atoms with van der Waals surface area (Å²) in [7, 11) is -4.30. The van der Waals surface area contributed by atoms with Crippen molar-refractivity contribution < 1.29 is 28.7 Å². The first-order chi connectivity index (χ1) is 9.28. The van der Waals surface area contributed by atoms with Crippen LogP contribution in [0.2, 0.25) is 0 Å². The van der Waals surface area contributed by atoms with Crippen LogP contribution >= 0.6 is 7.60 Å². The Hall–Kier alpha value is -1.66. The van der Waals surface area contributed by atoms with Gasteiger partial charge in [0.1, 0.15) is 17.4 Å². The summed E-state index contributed by atoms with van der Waals surface area (Å²) >= 11 is 0. The van der Waals surface area contributed by atoms with Crippen LogP contribution in [0.4, 0.5) is 0 Å². The van der Waals surface area contributed by atoms with E-state index in [1.165, 1.54) is 0 Å². The summed E-state index contributed by atoms with van der Waals surface area (Å²) in [6.07, 6.45) is -0.634. The average Bonchev–Trinajstić information content (AvgIpc) is 2.65. The van der Waals surface area contributed by atoms with Gasteiger partial charge in [-0.2, -0.15) is 0 Å². The van der Waals surface area contributed by atoms with Crippen molar-refractivity contribution in [2.24, 2.45) is 5.73 Å². The van der Waals surface area contributed by atoms with Gasteiger partial charge in [0, 0.05) is 17.4 Å². The van der Waals surface area contributed by atoms with Gasteiger partial charge in [-0.05, 0) is 6.07 Å². The van der Waals surface area contributed by atoms with Gasteiger partial charge in [-0.15, -0.1) is 0 Å². The number of hydrogen-bond donors (Lipinski definition) is 4. The van der Waals surface area contributed by atoms with Crippen LogP contribution in [0.5, 0.6) is 0 Å². The summed E-state index contributed by atoms with van der Waals surface area (Å²) < 4.78 is 16.7. The third-order valence-electron chi connectivity index (χ3n) is 2.87. The normalized spacial score (nSPS) is 13.6. The maximum Gasteiger partial charge on any atom is 0.330 e. The number of carboxylic acid groups (broad SMARTS) is 1. The standard InChI is InChI=1S/C12H14NO6P/c13-9(12(14)15)5-11-8(6-20(16,17)18)7-3-1-2-4-10(7)19-11/h1-4,9H,5-6,13H2,(H,14,15)(H2,16,17,18). The first-order valence-corrected chi connectivity index (χ1v) is 7.60. The Morgan fingerprint density at radius 1 is 1.35 bits per heavy atom. The van der Waals surface area contributed by atoms with Crippen LogP contribution in [0.3, 0.4) is 0 Å². The van der Waals surface area contributed by atoms with Gasteiger partial charge < -0.3 is 25.0 Å². The summed E-state index contributed by atoms with van der Waals surface area (Å²) in [4.78, 5) is 29.1. The summed E-state index contributed by atoms with van der Waals surface area (Å²) in [6.45, 7) is 0. The SMILES string of the molecule is NC(Cc1oc2ccccc2c1CP(=O)(O)O)C(=O)O. The zero-order chi connectivity index (χ0) is 14.9. The molecule has 7 nitrogen and oxygen atoms in total. The Balaban J connectivity index is 2.49. The topological polar surface area (TPSA) is 134 Å². The second-order valence-corrected chi connectivity index (χ2v) is 6.12. The number of carboxylic acids is 1. The molecule has 1 heterocycles. The van der Waals surface area contributed by atoms with E-state index in [-0.39, 0.29) is 12.2 Å². The molecular formula is C12H14NO6P. The Labute approximate surface area is 114 Å². The van der Waals surface area contributed by atoms with Gasteiger partial charge in [0.2, 0.25) is 0 Å². The van der Waals surface area contributed by atoms with Crippen LogP contribution in [0, 0.1) is 0 Å². The van der Waals surface area contributed by atoms with Crippen molar-refractivity contribution in [1.29, 1.82) is 0 Å². The summed E-state index contributed by atoms with van der Waals surface area (Å²) in [5.41, 5.74) is 6.21. The van der Waals surface area contributed by atoms with Crippen LogP contribution < -0.4 is 5.73 Å². The van der Waals surface area contributed by atoms with E-state index in [2.05, 4.69) is 0 Å². The number of fused-ring (bicyclic) bond motifs is 1. The lowest BCUT2D eigenvalue weighted by Crippen LogP contribution is -2.32. The molecule has 0 aliphatic heterocycles. The van der Waals surface area contributed by atoms with E-state index < -0.39 is 25.8 Å². The molecule has 1 atom stereocenters. The molecule has 0 bridgehead atoms. The van der Waals surface area contributed by atoms with E-state index in [1.807, 2.05) is 0 Å². The molecule has 1 unspecified atom stereocenters. The van der Waals surface area contributed by atoms with Crippen LogP contribution in [0.1, 0.15) is 11.3 Å². The fourth-order valence-corrected chi connectivity index (χ4v) is 2.74. The predicted molar refractivity (Wildman–Crippen MR) is 71.3 cm³/mol. The molecule has 1 aromatic heterocycles. The van der Waals surface area contributed by atoms with Gasteiger partial charge in [0.15, 0.2) is 0 Å². The lowest BCUT2D eigenvalue weighted by molar-refractivity contribution is -0.138. The lowest BCUT2D eigenvalue weighted by atomic mass is 10.1. The third-order valence-corrected chi connectivity index (χ3v) is 3.60. The van der Waals surface area contributed by atoms with Crippen LogP contribution in [-0.4, -0.2) is 26.9 Å². The minimum absolute atomic E-state index is 0.126. The zero-order valence-corrected chi connectivity index (χ0v) is 11.3. The van der Waals surface area contributed by atoms with Crippen LogP contribution in [0.25, 0.3) is 11.0 Å². The Morgan fingerprint density at radius 2 is 2.00 bits per heavy atom. The number of carbonyl (C=O) groups is 1. The average molecular weight is 299 g/mol. The van der Waals surface area contributed by atoms with E-state index >= 15 is 0 Å². The largest absolute Gasteiger partial charge is 0.480 e. The molecular weight excluding hydrogens is 285 g/mol. The predicted octanol–water partition coefficient (Wildman–Crippen LogP) is 1.06. The number of rotatable bonds is 5. The van der Waals surface area contributed by atoms with Gasteiger partial charge >= 0.3 is 13.6 Å². The van der Waals surface area contributed by atoms with Crippen LogP contribution in [0.15, 0.2) is 28.7 Å². The van der Waals surface area contributed by atoms with Crippen molar-refractivity contribution in [3.8, 4) is 0 Å². The van der Waals surface area contributed by atoms with E-state index in [1.54, 1.807) is 24.3 Å². The van der Waals surface area contributed by atoms with Crippen molar-refractivity contribution in [3.05, 3.63) is 35.6 Å². The molecule has 108 valence electrons. The maximum atomic E-state index is 11.2. The summed E-state index contributed by atoms with van der Waals surface area (Å²) in [5.74, 6) is -1.00. The Morgan fingerprint density at radius 3 is 2.60 bits per heavy atom. The highest BCUT2D eigenvalue weighted by Crippen LogP contribution is 2.43. The number of nitrogens with two attached hydrogens (primary N) is 1. The summed E-state index contributed by atoms with van der Waals surface area (Å²) in [5, 5.41) is 9.38. The van der Waals surface area contributed by atoms with Gasteiger partial charge in [0.25, 0.3) is 0 Å². The van der Waals surface area contributed by atoms with E-state index in [0.717, 1.165) is 0 Å². The fraction of sp³-hybridized carbons (Fsp3) is 0.250. The van der Waals surface area contributed by atoms with Crippen molar-refractivity contribution >= 4 is 24.5 Å². The molecule has 0 saturated heterocycles. The first kappa shape index (κ1) is 14.7. The van der Waals surface area contributed by atoms with Crippen molar-refractivity contribution in [2.45, 2.75) is 18.6 Å². The monoisotopic (exact) mass is 299 g/mol. The smallest absolute Gasteiger partial charge is 0.330 e. The second-order valence-electron chi connectivity index (χ2n) is 4.47. The first-order valence-electron chi connectivity index (χ1n) is 5.80. The number of hydrogen-bond acceptors (Lipinski definition) is 4. The van der Waals surface area contributed by atoms with Gasteiger partial charge in [-0.1, -0.05) is 18.2 Å². The molecule has 2 aromatic rings. The molecule has 0 aliphatic rings. The molecule has 0 spiro atoms. The zero-order valence-electron chi connectivity index (χ0n) is 10.4. The number of aliphatic carboxylic acids is 1. The molecule has 0 radical (unpaired) electrons. The van der Waals surface area contributed by atoms with Gasteiger partial charge in [-0.25, -0.2) is 0 Å². The summed E-state index contributed by atoms with van der Waals surface area (Å²) in [6, 6.07) is 5.55. The van der Waals surface area contributed by atoms with Crippen molar-refractivity contribution in [2.75, 3.05) is 0 Å². The highest BCUT2D eigenvalue weighted by Gasteiger charge is 2.25. The molecule has 0 fully saturated rings. The van der Waals surface area contributed by atoms with E-state index in [4.69, 9.17) is 25.0 Å². The third kappa shape index (κ3) is 3.26. The molecule has 20 heavy (non-hydrogen) atoms. The minimum atomic E-state index is -4.30. The van der Waals surface area contributed by atoms with Gasteiger partial charge in [-0.3, -0.25) is 9.36 Å². The number of furan rings is 1. The fourth-order valence-electron chi connectivity index (χ4n) is 1.98. The molecule has 1 aromatic carbocycles. The van der Waals surface area contributed by atoms with Crippen molar-refractivity contribution in [1.82, 2.24) is 0 Å². The van der Waals surface area contributed by atoms with E-state index in [9.17, 15) is 9.36 Å². The molecule has 0 aliphatic carbocycles. The highest BCUT2D eigenvalue weighted by molar-refractivity contribution is 7.50. The van der Waals surface area contributed by atoms with Crippen LogP contribution in [-0.2, 0) is 21.9 Å². The molecule has 5 N–H and O–H groups in total. The molecule has 8 heteroatoms. The number of para-hydroxylation sites is 1.